The van der Waals surface area contributed by atoms with Crippen molar-refractivity contribution in [2.75, 3.05) is 24.1 Å². The fraction of sp³-hybridized carbons (Fsp3) is 0.222. The number of pyridine rings is 1. The van der Waals surface area contributed by atoms with Crippen molar-refractivity contribution in [3.8, 4) is 11.3 Å². The van der Waals surface area contributed by atoms with Gasteiger partial charge in [-0.25, -0.2) is 20.8 Å². The van der Waals surface area contributed by atoms with Crippen LogP contribution >= 0.6 is 7.14 Å². The van der Waals surface area contributed by atoms with Crippen molar-refractivity contribution in [3.63, 3.8) is 0 Å². The van der Waals surface area contributed by atoms with Crippen LogP contribution in [0.15, 0.2) is 49.3 Å². The van der Waals surface area contributed by atoms with E-state index in [4.69, 9.17) is 11.6 Å². The molecule has 0 unspecified atom stereocenters. The van der Waals surface area contributed by atoms with Gasteiger partial charge in [0.2, 0.25) is 0 Å². The molecule has 0 aliphatic heterocycles. The molecule has 4 heterocycles. The van der Waals surface area contributed by atoms with Gasteiger partial charge in [0, 0.05) is 30.4 Å². The zero-order valence-corrected chi connectivity index (χ0v) is 17.1. The van der Waals surface area contributed by atoms with E-state index in [0.29, 0.717) is 24.3 Å². The topological polar surface area (TPSA) is 133 Å². The van der Waals surface area contributed by atoms with E-state index in [9.17, 15) is 4.57 Å². The first-order chi connectivity index (χ1) is 13.8. The van der Waals surface area contributed by atoms with Crippen molar-refractivity contribution in [1.29, 1.82) is 0 Å². The summed E-state index contributed by atoms with van der Waals surface area (Å²) in [7, 11) is -2.24. The third-order valence-corrected chi connectivity index (χ3v) is 5.24. The average molecular weight is 411 g/mol. The first kappa shape index (κ1) is 19.1. The van der Waals surface area contributed by atoms with Crippen LogP contribution in [-0.2, 0) is 17.4 Å². The summed E-state index contributed by atoms with van der Waals surface area (Å²) in [5.74, 6) is 6.86. The van der Waals surface area contributed by atoms with Crippen molar-refractivity contribution >= 4 is 24.4 Å². The van der Waals surface area contributed by atoms with Crippen LogP contribution in [0.5, 0.6) is 0 Å². The van der Waals surface area contributed by atoms with Crippen LogP contribution in [0.25, 0.3) is 16.9 Å². The quantitative estimate of drug-likeness (QED) is 0.280. The predicted molar refractivity (Wildman–Crippen MR) is 113 cm³/mol. The first-order valence-corrected chi connectivity index (χ1v) is 11.7. The maximum absolute atomic E-state index is 12.0. The van der Waals surface area contributed by atoms with Gasteiger partial charge in [0.15, 0.2) is 11.6 Å². The third-order valence-electron chi connectivity index (χ3n) is 4.27. The minimum Gasteiger partial charge on any atom is -0.381 e. The number of nitrogen functional groups attached to an aromatic ring is 1. The van der Waals surface area contributed by atoms with Gasteiger partial charge in [0.1, 0.15) is 12.8 Å². The summed E-state index contributed by atoms with van der Waals surface area (Å²) in [5.41, 5.74) is 9.18. The fourth-order valence-electron chi connectivity index (χ4n) is 2.99. The van der Waals surface area contributed by atoms with Gasteiger partial charge in [0.05, 0.1) is 30.9 Å². The van der Waals surface area contributed by atoms with Gasteiger partial charge in [-0.05, 0) is 25.0 Å². The van der Waals surface area contributed by atoms with Crippen LogP contribution in [0.3, 0.4) is 0 Å². The molecule has 0 saturated carbocycles. The molecule has 0 aliphatic rings. The number of hydrogen-bond acceptors (Lipinski definition) is 8. The summed E-state index contributed by atoms with van der Waals surface area (Å²) in [6.45, 7) is 3.84. The van der Waals surface area contributed by atoms with Crippen LogP contribution in [0.4, 0.5) is 11.6 Å². The van der Waals surface area contributed by atoms with Gasteiger partial charge in [-0.3, -0.25) is 9.69 Å². The normalized spacial score (nSPS) is 11.8. The number of fused-ring (bicyclic) bond motifs is 1. The van der Waals surface area contributed by atoms with Crippen molar-refractivity contribution in [1.82, 2.24) is 29.1 Å². The lowest BCUT2D eigenvalue weighted by molar-refractivity contribution is 0.569. The largest absolute Gasteiger partial charge is 0.381 e. The molecule has 11 heteroatoms. The minimum atomic E-state index is -2.24. The van der Waals surface area contributed by atoms with Crippen molar-refractivity contribution in [2.24, 2.45) is 5.84 Å². The van der Waals surface area contributed by atoms with E-state index in [2.05, 4.69) is 20.1 Å². The zero-order chi connectivity index (χ0) is 20.6. The Hall–Kier alpha value is -3.23. The molecule has 150 valence electrons. The van der Waals surface area contributed by atoms with Gasteiger partial charge in [-0.1, -0.05) is 6.07 Å². The van der Waals surface area contributed by atoms with Gasteiger partial charge in [-0.15, -0.1) is 0 Å². The second kappa shape index (κ2) is 7.31. The Kier molecular flexibility index (Phi) is 4.81. The molecule has 4 rings (SSSR count). The summed E-state index contributed by atoms with van der Waals surface area (Å²) < 4.78 is 15.6. The van der Waals surface area contributed by atoms with Gasteiger partial charge in [0.25, 0.3) is 0 Å². The summed E-state index contributed by atoms with van der Waals surface area (Å²) in [6, 6.07) is 3.87. The Labute approximate surface area is 167 Å². The van der Waals surface area contributed by atoms with E-state index in [1.165, 1.54) is 5.01 Å². The fourth-order valence-corrected chi connectivity index (χ4v) is 3.84. The SMILES string of the molecule is CP(C)(=O)Cn1cc(-c2cnc(N)c(N(N)Cc3ccc4nccn4c3)n2)cn1. The lowest BCUT2D eigenvalue weighted by atomic mass is 10.2. The number of nitrogens with zero attached hydrogens (tertiary/aromatic N) is 7. The van der Waals surface area contributed by atoms with E-state index in [1.54, 1.807) is 42.8 Å². The lowest BCUT2D eigenvalue weighted by Crippen LogP contribution is -2.32. The molecule has 0 saturated heterocycles. The van der Waals surface area contributed by atoms with Crippen molar-refractivity contribution < 1.29 is 4.57 Å². The van der Waals surface area contributed by atoms with E-state index in [-0.39, 0.29) is 5.82 Å². The second-order valence-corrected chi connectivity index (χ2v) is 10.7. The number of anilines is 2. The number of hydrogen-bond donors (Lipinski definition) is 2. The Morgan fingerprint density at radius 2 is 2.00 bits per heavy atom. The predicted octanol–water partition coefficient (Wildman–Crippen LogP) is 2.03. The molecule has 10 nitrogen and oxygen atoms in total. The highest BCUT2D eigenvalue weighted by Gasteiger charge is 2.15. The minimum absolute atomic E-state index is 0.235. The lowest BCUT2D eigenvalue weighted by Gasteiger charge is -2.19. The van der Waals surface area contributed by atoms with Gasteiger partial charge in [-0.2, -0.15) is 5.10 Å². The molecule has 0 bridgehead atoms. The van der Waals surface area contributed by atoms with Crippen LogP contribution in [-0.4, -0.2) is 42.5 Å². The van der Waals surface area contributed by atoms with E-state index >= 15 is 0 Å². The molecule has 4 aromatic rings. The molecule has 0 radical (unpaired) electrons. The third kappa shape index (κ3) is 4.28. The molecule has 0 atom stereocenters. The number of nitrogens with two attached hydrogens (primary N) is 2. The monoisotopic (exact) mass is 411 g/mol. The van der Waals surface area contributed by atoms with Crippen LogP contribution in [0, 0.1) is 0 Å². The highest BCUT2D eigenvalue weighted by atomic mass is 31.2. The summed E-state index contributed by atoms with van der Waals surface area (Å²) >= 11 is 0. The molecule has 4 aromatic heterocycles. The average Bonchev–Trinajstić information content (AvgIpc) is 3.29. The smallest absolute Gasteiger partial charge is 0.186 e. The molecule has 0 amide bonds. The molecule has 0 spiro atoms. The number of imidazole rings is 1. The second-order valence-electron chi connectivity index (χ2n) is 7.31. The van der Waals surface area contributed by atoms with Crippen LogP contribution in [0.2, 0.25) is 0 Å². The van der Waals surface area contributed by atoms with Gasteiger partial charge < -0.3 is 14.7 Å². The zero-order valence-electron chi connectivity index (χ0n) is 16.2. The molecule has 0 fully saturated rings. The molecule has 0 aromatic carbocycles. The highest BCUT2D eigenvalue weighted by Crippen LogP contribution is 2.37. The standard InChI is InChI=1S/C18H22N9OP/c1-29(2,28)12-26-11-14(7-23-26)15-8-22-17(19)18(24-15)27(20)10-13-3-4-16-21-5-6-25(16)9-13/h3-9,11H,10,12,20H2,1-2H3,(H2,19,22). The van der Waals surface area contributed by atoms with E-state index < -0.39 is 7.14 Å². The number of rotatable bonds is 6. The van der Waals surface area contributed by atoms with Crippen molar-refractivity contribution in [2.45, 2.75) is 12.8 Å². The molecule has 29 heavy (non-hydrogen) atoms. The Morgan fingerprint density at radius 3 is 2.79 bits per heavy atom. The maximum Gasteiger partial charge on any atom is 0.186 e. The number of aromatic nitrogens is 6. The molecule has 0 aliphatic carbocycles. The Morgan fingerprint density at radius 1 is 1.17 bits per heavy atom. The van der Waals surface area contributed by atoms with Crippen LogP contribution in [0.1, 0.15) is 5.56 Å². The summed E-state index contributed by atoms with van der Waals surface area (Å²) in [5, 5.41) is 5.72. The molecule has 4 N–H and O–H groups in total. The van der Waals surface area contributed by atoms with E-state index in [0.717, 1.165) is 16.8 Å². The van der Waals surface area contributed by atoms with Crippen LogP contribution < -0.4 is 16.6 Å². The summed E-state index contributed by atoms with van der Waals surface area (Å²) in [4.78, 5) is 13.0. The molecular weight excluding hydrogens is 389 g/mol. The first-order valence-electron chi connectivity index (χ1n) is 8.92. The Balaban J connectivity index is 1.58. The maximum atomic E-state index is 12.0. The highest BCUT2D eigenvalue weighted by molar-refractivity contribution is 7.61. The summed E-state index contributed by atoms with van der Waals surface area (Å²) in [6.07, 6.45) is 10.9. The van der Waals surface area contributed by atoms with Crippen molar-refractivity contribution in [3.05, 3.63) is 54.9 Å². The van der Waals surface area contributed by atoms with E-state index in [1.807, 2.05) is 28.9 Å². The Bertz CT molecular complexity index is 1210. The number of hydrazine groups is 1. The molecular formula is C18H22N9OP. The van der Waals surface area contributed by atoms with Gasteiger partial charge >= 0.3 is 0 Å².